The van der Waals surface area contributed by atoms with E-state index in [2.05, 4.69) is 15.4 Å². The fraction of sp³-hybridized carbons (Fsp3) is 0.222. The molecule has 0 saturated carbocycles. The summed E-state index contributed by atoms with van der Waals surface area (Å²) in [7, 11) is 1.71. The van der Waals surface area contributed by atoms with Crippen LogP contribution in [0.4, 0.5) is 5.82 Å². The number of carbonyl (C=O) groups is 2. The van der Waals surface area contributed by atoms with Gasteiger partial charge in [0.2, 0.25) is 0 Å². The van der Waals surface area contributed by atoms with Crippen LogP contribution in [0.25, 0.3) is 10.6 Å². The van der Waals surface area contributed by atoms with Gasteiger partial charge < -0.3 is 10.1 Å². The Labute approximate surface area is 164 Å². The maximum Gasteiger partial charge on any atom is 0.350 e. The number of aryl methyl sites for hydroxylation is 3. The van der Waals surface area contributed by atoms with Crippen molar-refractivity contribution in [3.8, 4) is 10.6 Å². The Hall–Kier alpha value is -2.71. The van der Waals surface area contributed by atoms with Gasteiger partial charge in [-0.05, 0) is 26.0 Å². The molecule has 3 rings (SSSR count). The van der Waals surface area contributed by atoms with Gasteiger partial charge in [0.15, 0.2) is 6.61 Å². The van der Waals surface area contributed by atoms with Crippen LogP contribution in [0.5, 0.6) is 0 Å². The minimum Gasteiger partial charge on any atom is -0.451 e. The summed E-state index contributed by atoms with van der Waals surface area (Å²) < 4.78 is 6.67. The molecule has 0 spiro atoms. The van der Waals surface area contributed by atoms with E-state index in [4.69, 9.17) is 16.3 Å². The van der Waals surface area contributed by atoms with E-state index in [1.54, 1.807) is 36.9 Å². The molecule has 0 saturated heterocycles. The standard InChI is InChI=1S/C18H17ClN4O3S/c1-10-7-14(23(3)22-10)21-15(24)9-26-18(25)16-11(2)20-17(27-16)12-5-4-6-13(19)8-12/h4-8H,9H2,1-3H3,(H,21,24). The zero-order valence-electron chi connectivity index (χ0n) is 14.9. The van der Waals surface area contributed by atoms with Crippen molar-refractivity contribution in [3.63, 3.8) is 0 Å². The second kappa shape index (κ2) is 7.89. The first-order valence-corrected chi connectivity index (χ1v) is 9.24. The fourth-order valence-electron chi connectivity index (χ4n) is 2.43. The van der Waals surface area contributed by atoms with E-state index in [-0.39, 0.29) is 0 Å². The average Bonchev–Trinajstić information content (AvgIpc) is 3.15. The molecule has 0 fully saturated rings. The third kappa shape index (κ3) is 4.53. The second-order valence-corrected chi connectivity index (χ2v) is 7.30. The Kier molecular flexibility index (Phi) is 5.57. The van der Waals surface area contributed by atoms with Crippen LogP contribution in [-0.4, -0.2) is 33.2 Å². The summed E-state index contributed by atoms with van der Waals surface area (Å²) >= 11 is 7.20. The van der Waals surface area contributed by atoms with Gasteiger partial charge >= 0.3 is 5.97 Å². The lowest BCUT2D eigenvalue weighted by Crippen LogP contribution is -2.22. The molecule has 0 radical (unpaired) electrons. The Morgan fingerprint density at radius 1 is 1.30 bits per heavy atom. The first-order chi connectivity index (χ1) is 12.8. The van der Waals surface area contributed by atoms with Crippen molar-refractivity contribution in [1.82, 2.24) is 14.8 Å². The number of anilines is 1. The summed E-state index contributed by atoms with van der Waals surface area (Å²) in [5.74, 6) is -0.496. The number of nitrogens with one attached hydrogen (secondary N) is 1. The van der Waals surface area contributed by atoms with Gasteiger partial charge in [0.1, 0.15) is 15.7 Å². The lowest BCUT2D eigenvalue weighted by Gasteiger charge is -2.06. The molecule has 0 unspecified atom stereocenters. The largest absolute Gasteiger partial charge is 0.451 e. The van der Waals surface area contributed by atoms with E-state index in [0.29, 0.717) is 26.4 Å². The van der Waals surface area contributed by atoms with Gasteiger partial charge in [-0.1, -0.05) is 23.7 Å². The van der Waals surface area contributed by atoms with E-state index in [1.807, 2.05) is 19.1 Å². The maximum atomic E-state index is 12.3. The topological polar surface area (TPSA) is 86.1 Å². The number of hydrogen-bond donors (Lipinski definition) is 1. The van der Waals surface area contributed by atoms with Crippen molar-refractivity contribution in [2.45, 2.75) is 13.8 Å². The highest BCUT2D eigenvalue weighted by molar-refractivity contribution is 7.17. The van der Waals surface area contributed by atoms with Gasteiger partial charge in [-0.3, -0.25) is 9.48 Å². The zero-order chi connectivity index (χ0) is 19.6. The highest BCUT2D eigenvalue weighted by atomic mass is 35.5. The van der Waals surface area contributed by atoms with Crippen LogP contribution in [0.2, 0.25) is 5.02 Å². The Morgan fingerprint density at radius 2 is 2.07 bits per heavy atom. The molecule has 140 valence electrons. The molecule has 2 heterocycles. The van der Waals surface area contributed by atoms with Gasteiger partial charge in [0, 0.05) is 23.7 Å². The van der Waals surface area contributed by atoms with Crippen molar-refractivity contribution in [2.24, 2.45) is 7.05 Å². The van der Waals surface area contributed by atoms with Crippen LogP contribution < -0.4 is 5.32 Å². The Morgan fingerprint density at radius 3 is 2.74 bits per heavy atom. The molecule has 0 aliphatic heterocycles. The summed E-state index contributed by atoms with van der Waals surface area (Å²) in [6.07, 6.45) is 0. The van der Waals surface area contributed by atoms with Gasteiger partial charge in [-0.15, -0.1) is 11.3 Å². The van der Waals surface area contributed by atoms with Gasteiger partial charge in [-0.2, -0.15) is 5.10 Å². The first kappa shape index (κ1) is 19.1. The number of esters is 1. The SMILES string of the molecule is Cc1cc(NC(=O)COC(=O)c2sc(-c3cccc(Cl)c3)nc2C)n(C)n1. The summed E-state index contributed by atoms with van der Waals surface area (Å²) in [5, 5.41) is 8.03. The molecular formula is C18H17ClN4O3S. The number of ether oxygens (including phenoxy) is 1. The molecule has 1 aromatic carbocycles. The second-order valence-electron chi connectivity index (χ2n) is 5.86. The number of nitrogens with zero attached hydrogens (tertiary/aromatic N) is 3. The van der Waals surface area contributed by atoms with Gasteiger partial charge in [0.25, 0.3) is 5.91 Å². The Balaban J connectivity index is 1.64. The van der Waals surface area contributed by atoms with E-state index in [9.17, 15) is 9.59 Å². The molecule has 0 atom stereocenters. The lowest BCUT2D eigenvalue weighted by molar-refractivity contribution is -0.119. The zero-order valence-corrected chi connectivity index (χ0v) is 16.5. The molecule has 1 N–H and O–H groups in total. The predicted molar refractivity (Wildman–Crippen MR) is 104 cm³/mol. The summed E-state index contributed by atoms with van der Waals surface area (Å²) in [6.45, 7) is 3.15. The maximum absolute atomic E-state index is 12.3. The molecule has 0 aliphatic carbocycles. The van der Waals surface area contributed by atoms with Crippen LogP contribution in [0, 0.1) is 13.8 Å². The van der Waals surface area contributed by atoms with Gasteiger partial charge in [0.05, 0.1) is 11.4 Å². The van der Waals surface area contributed by atoms with E-state index in [0.717, 1.165) is 11.3 Å². The monoisotopic (exact) mass is 404 g/mol. The normalized spacial score (nSPS) is 10.7. The highest BCUT2D eigenvalue weighted by Crippen LogP contribution is 2.29. The number of amides is 1. The van der Waals surface area contributed by atoms with Crippen molar-refractivity contribution >= 4 is 40.6 Å². The highest BCUT2D eigenvalue weighted by Gasteiger charge is 2.19. The van der Waals surface area contributed by atoms with Crippen LogP contribution in [-0.2, 0) is 16.6 Å². The molecule has 2 aromatic heterocycles. The molecular weight excluding hydrogens is 388 g/mol. The van der Waals surface area contributed by atoms with Crippen LogP contribution in [0.15, 0.2) is 30.3 Å². The smallest absolute Gasteiger partial charge is 0.350 e. The van der Waals surface area contributed by atoms with E-state index >= 15 is 0 Å². The first-order valence-electron chi connectivity index (χ1n) is 8.04. The third-order valence-electron chi connectivity index (χ3n) is 3.66. The minimum absolute atomic E-state index is 0.356. The number of aromatic nitrogens is 3. The molecule has 0 aliphatic rings. The molecule has 7 nitrogen and oxygen atoms in total. The van der Waals surface area contributed by atoms with Gasteiger partial charge in [-0.25, -0.2) is 9.78 Å². The molecule has 1 amide bonds. The number of carbonyl (C=O) groups excluding carboxylic acids is 2. The number of thiazole rings is 1. The summed E-state index contributed by atoms with van der Waals surface area (Å²) in [4.78, 5) is 29.1. The minimum atomic E-state index is -0.588. The quantitative estimate of drug-likeness (QED) is 0.656. The predicted octanol–water partition coefficient (Wildman–Crippen LogP) is 3.61. The number of halogens is 1. The number of benzene rings is 1. The summed E-state index contributed by atoms with van der Waals surface area (Å²) in [6, 6.07) is 8.95. The van der Waals surface area contributed by atoms with E-state index in [1.165, 1.54) is 11.3 Å². The van der Waals surface area contributed by atoms with Crippen molar-refractivity contribution in [1.29, 1.82) is 0 Å². The van der Waals surface area contributed by atoms with Crippen molar-refractivity contribution in [2.75, 3.05) is 11.9 Å². The fourth-order valence-corrected chi connectivity index (χ4v) is 3.58. The molecule has 3 aromatic rings. The average molecular weight is 405 g/mol. The van der Waals surface area contributed by atoms with Crippen molar-refractivity contribution < 1.29 is 14.3 Å². The van der Waals surface area contributed by atoms with Crippen LogP contribution in [0.3, 0.4) is 0 Å². The summed E-state index contributed by atoms with van der Waals surface area (Å²) in [5.41, 5.74) is 2.14. The van der Waals surface area contributed by atoms with Crippen molar-refractivity contribution in [3.05, 3.63) is 51.6 Å². The van der Waals surface area contributed by atoms with E-state index < -0.39 is 18.5 Å². The molecule has 9 heteroatoms. The third-order valence-corrected chi connectivity index (χ3v) is 5.08. The number of rotatable bonds is 5. The number of hydrogen-bond acceptors (Lipinski definition) is 6. The van der Waals surface area contributed by atoms with Crippen LogP contribution >= 0.6 is 22.9 Å². The Bertz CT molecular complexity index is 1010. The molecule has 27 heavy (non-hydrogen) atoms. The van der Waals surface area contributed by atoms with Crippen LogP contribution in [0.1, 0.15) is 21.1 Å². The lowest BCUT2D eigenvalue weighted by atomic mass is 10.2. The molecule has 0 bridgehead atoms.